The Hall–Kier alpha value is -2.61. The maximum atomic E-state index is 4.30. The number of imidazole rings is 1. The number of rotatable bonds is 1. The van der Waals surface area contributed by atoms with E-state index in [1.54, 1.807) is 0 Å². The number of nitrogens with zero attached hydrogens (tertiary/aromatic N) is 2. The van der Waals surface area contributed by atoms with E-state index in [4.69, 9.17) is 0 Å². The Bertz CT molecular complexity index is 860. The van der Waals surface area contributed by atoms with Gasteiger partial charge in [0.1, 0.15) is 0 Å². The average Bonchev–Trinajstić information content (AvgIpc) is 2.97. The molecule has 2 nitrogen and oxygen atoms in total. The van der Waals surface area contributed by atoms with E-state index in [0.717, 1.165) is 5.52 Å². The Kier molecular flexibility index (Phi) is 2.15. The lowest BCUT2D eigenvalue weighted by Crippen LogP contribution is -1.91. The van der Waals surface area contributed by atoms with Crippen LogP contribution in [0, 0.1) is 0 Å². The van der Waals surface area contributed by atoms with Gasteiger partial charge < -0.3 is 0 Å². The van der Waals surface area contributed by atoms with Crippen LogP contribution in [0.3, 0.4) is 0 Å². The minimum absolute atomic E-state index is 1.15. The Morgan fingerprint density at radius 3 is 2.53 bits per heavy atom. The molecule has 0 saturated heterocycles. The van der Waals surface area contributed by atoms with Crippen LogP contribution in [0.4, 0.5) is 0 Å². The van der Waals surface area contributed by atoms with E-state index in [0.29, 0.717) is 0 Å². The van der Waals surface area contributed by atoms with Gasteiger partial charge >= 0.3 is 0 Å². The fourth-order valence-electron chi connectivity index (χ4n) is 2.59. The summed E-state index contributed by atoms with van der Waals surface area (Å²) in [6.07, 6.45) is 3.80. The Labute approximate surface area is 111 Å². The first kappa shape index (κ1) is 10.3. The second kappa shape index (κ2) is 3.95. The third-order valence-corrected chi connectivity index (χ3v) is 3.50. The van der Waals surface area contributed by atoms with Crippen LogP contribution < -0.4 is 0 Å². The van der Waals surface area contributed by atoms with Crippen LogP contribution in [0.2, 0.25) is 0 Å². The minimum atomic E-state index is 1.15. The van der Waals surface area contributed by atoms with Gasteiger partial charge in [-0.15, -0.1) is 0 Å². The minimum Gasteiger partial charge on any atom is -0.298 e. The van der Waals surface area contributed by atoms with E-state index >= 15 is 0 Å². The molecule has 0 fully saturated rings. The van der Waals surface area contributed by atoms with Gasteiger partial charge in [-0.3, -0.25) is 4.40 Å². The van der Waals surface area contributed by atoms with Crippen LogP contribution in [0.15, 0.2) is 73.2 Å². The molecule has 19 heavy (non-hydrogen) atoms. The number of aromatic nitrogens is 2. The first-order chi connectivity index (χ1) is 9.43. The number of pyridine rings is 1. The lowest BCUT2D eigenvalue weighted by atomic mass is 10.1. The predicted molar refractivity (Wildman–Crippen MR) is 78.1 cm³/mol. The third kappa shape index (κ3) is 1.54. The first-order valence-electron chi connectivity index (χ1n) is 6.33. The maximum absolute atomic E-state index is 4.30. The van der Waals surface area contributed by atoms with Gasteiger partial charge in [0.2, 0.25) is 0 Å². The van der Waals surface area contributed by atoms with Crippen molar-refractivity contribution in [1.29, 1.82) is 0 Å². The van der Waals surface area contributed by atoms with E-state index in [1.807, 2.05) is 18.6 Å². The molecule has 4 aromatic rings. The fraction of sp³-hybridized carbons (Fsp3) is 0. The highest BCUT2D eigenvalue weighted by molar-refractivity contribution is 5.98. The van der Waals surface area contributed by atoms with Crippen LogP contribution in [-0.2, 0) is 0 Å². The maximum Gasteiger partial charge on any atom is 0.0997 e. The fourth-order valence-corrected chi connectivity index (χ4v) is 2.59. The smallest absolute Gasteiger partial charge is 0.0997 e. The Morgan fingerprint density at radius 2 is 1.63 bits per heavy atom. The molecule has 0 N–H and O–H groups in total. The average molecular weight is 244 g/mol. The lowest BCUT2D eigenvalue weighted by Gasteiger charge is -2.09. The summed E-state index contributed by atoms with van der Waals surface area (Å²) in [6, 6.07) is 21.1. The summed E-state index contributed by atoms with van der Waals surface area (Å²) in [4.78, 5) is 4.30. The molecule has 90 valence electrons. The quantitative estimate of drug-likeness (QED) is 0.491. The van der Waals surface area contributed by atoms with Gasteiger partial charge in [-0.05, 0) is 17.0 Å². The van der Waals surface area contributed by atoms with Crippen molar-refractivity contribution in [2.45, 2.75) is 0 Å². The molecule has 0 aliphatic heterocycles. The van der Waals surface area contributed by atoms with Crippen molar-refractivity contribution < 1.29 is 0 Å². The number of hydrogen-bond acceptors (Lipinski definition) is 1. The van der Waals surface area contributed by atoms with E-state index in [2.05, 4.69) is 64.0 Å². The zero-order valence-electron chi connectivity index (χ0n) is 10.3. The summed E-state index contributed by atoms with van der Waals surface area (Å²) >= 11 is 0. The van der Waals surface area contributed by atoms with Gasteiger partial charge in [0.25, 0.3) is 0 Å². The van der Waals surface area contributed by atoms with Crippen molar-refractivity contribution in [3.05, 3.63) is 73.2 Å². The Morgan fingerprint density at radius 1 is 0.842 bits per heavy atom. The van der Waals surface area contributed by atoms with Gasteiger partial charge in [0.15, 0.2) is 0 Å². The summed E-state index contributed by atoms with van der Waals surface area (Å²) < 4.78 is 2.15. The van der Waals surface area contributed by atoms with Gasteiger partial charge in [-0.1, -0.05) is 54.6 Å². The summed E-state index contributed by atoms with van der Waals surface area (Å²) in [5, 5.41) is 2.48. The van der Waals surface area contributed by atoms with E-state index in [9.17, 15) is 0 Å². The molecule has 0 amide bonds. The van der Waals surface area contributed by atoms with E-state index in [-0.39, 0.29) is 0 Å². The van der Waals surface area contributed by atoms with Gasteiger partial charge in [-0.25, -0.2) is 4.98 Å². The molecule has 0 radical (unpaired) electrons. The highest BCUT2D eigenvalue weighted by atomic mass is 15.0. The van der Waals surface area contributed by atoms with Crippen molar-refractivity contribution in [3.8, 4) is 11.3 Å². The molecule has 0 unspecified atom stereocenters. The van der Waals surface area contributed by atoms with Gasteiger partial charge in [-0.2, -0.15) is 0 Å². The first-order valence-corrected chi connectivity index (χ1v) is 6.33. The third-order valence-electron chi connectivity index (χ3n) is 3.50. The van der Waals surface area contributed by atoms with Crippen LogP contribution in [0.5, 0.6) is 0 Å². The molecular formula is C17H12N2. The van der Waals surface area contributed by atoms with Gasteiger partial charge in [0, 0.05) is 5.39 Å². The molecule has 0 aliphatic carbocycles. The molecule has 2 aromatic carbocycles. The largest absolute Gasteiger partial charge is 0.298 e. The topological polar surface area (TPSA) is 17.3 Å². The number of benzene rings is 2. The Balaban J connectivity index is 2.17. The van der Waals surface area contributed by atoms with Crippen molar-refractivity contribution in [2.24, 2.45) is 0 Å². The SMILES string of the molecule is c1ccc(-c2cc3ccccc3c3cncn23)cc1. The highest BCUT2D eigenvalue weighted by Gasteiger charge is 2.07. The second-order valence-electron chi connectivity index (χ2n) is 4.63. The second-order valence-corrected chi connectivity index (χ2v) is 4.63. The van der Waals surface area contributed by atoms with E-state index in [1.165, 1.54) is 22.0 Å². The molecular weight excluding hydrogens is 232 g/mol. The number of hydrogen-bond donors (Lipinski definition) is 0. The summed E-state index contributed by atoms with van der Waals surface area (Å²) in [6.45, 7) is 0. The molecule has 0 saturated carbocycles. The highest BCUT2D eigenvalue weighted by Crippen LogP contribution is 2.27. The van der Waals surface area contributed by atoms with Crippen molar-refractivity contribution in [3.63, 3.8) is 0 Å². The molecule has 2 aromatic heterocycles. The predicted octanol–water partition coefficient (Wildman–Crippen LogP) is 4.15. The van der Waals surface area contributed by atoms with Crippen molar-refractivity contribution in [2.75, 3.05) is 0 Å². The molecule has 0 aliphatic rings. The monoisotopic (exact) mass is 244 g/mol. The van der Waals surface area contributed by atoms with Crippen LogP contribution in [0.25, 0.3) is 27.5 Å². The number of fused-ring (bicyclic) bond motifs is 3. The van der Waals surface area contributed by atoms with Crippen LogP contribution >= 0.6 is 0 Å². The van der Waals surface area contributed by atoms with Crippen LogP contribution in [0.1, 0.15) is 0 Å². The van der Waals surface area contributed by atoms with E-state index < -0.39 is 0 Å². The zero-order valence-corrected chi connectivity index (χ0v) is 10.3. The molecule has 2 heterocycles. The summed E-state index contributed by atoms with van der Waals surface area (Å²) in [7, 11) is 0. The lowest BCUT2D eigenvalue weighted by molar-refractivity contribution is 1.17. The normalized spacial score (nSPS) is 11.2. The standard InChI is InChI=1S/C17H12N2/c1-2-6-13(7-3-1)16-10-14-8-4-5-9-15(14)17-11-18-12-19(16)17/h1-12H. The molecule has 4 rings (SSSR count). The summed E-state index contributed by atoms with van der Waals surface area (Å²) in [5.74, 6) is 0. The van der Waals surface area contributed by atoms with Crippen molar-refractivity contribution >= 4 is 16.3 Å². The molecule has 0 atom stereocenters. The van der Waals surface area contributed by atoms with Crippen LogP contribution in [-0.4, -0.2) is 9.38 Å². The van der Waals surface area contributed by atoms with Gasteiger partial charge in [0.05, 0.1) is 23.7 Å². The summed E-state index contributed by atoms with van der Waals surface area (Å²) in [5.41, 5.74) is 3.53. The molecule has 0 bridgehead atoms. The molecule has 2 heteroatoms. The zero-order chi connectivity index (χ0) is 12.7. The van der Waals surface area contributed by atoms with Crippen molar-refractivity contribution in [1.82, 2.24) is 9.38 Å². The molecule has 0 spiro atoms.